The molecule has 1 amide bonds. The van der Waals surface area contributed by atoms with Crippen LogP contribution in [0, 0.1) is 6.92 Å². The quantitative estimate of drug-likeness (QED) is 0.374. The van der Waals surface area contributed by atoms with Gasteiger partial charge < -0.3 is 11.1 Å². The number of allylic oxidation sites excluding steroid dienone is 2. The smallest absolute Gasteiger partial charge is 0.395 e. The van der Waals surface area contributed by atoms with Crippen molar-refractivity contribution in [2.75, 3.05) is 5.32 Å². The van der Waals surface area contributed by atoms with E-state index in [4.69, 9.17) is 28.9 Å². The van der Waals surface area contributed by atoms with Crippen LogP contribution in [0.3, 0.4) is 0 Å². The zero-order chi connectivity index (χ0) is 24.2. The topological polar surface area (TPSA) is 67.5 Å². The number of anilines is 1. The van der Waals surface area contributed by atoms with Gasteiger partial charge in [0.25, 0.3) is 5.91 Å². The van der Waals surface area contributed by atoms with Crippen LogP contribution in [0.4, 0.5) is 24.5 Å². The standard InChI is InChI=1S/C24H18Cl2F3N3O/c1-14-6-11-17(25)12-20(14)32-23(33)16-9-7-15(8-10-16)21(13-22(30)24(27,28)29)31-19-5-3-2-4-18(19)26/h2-13H,30H2,1H3,(H,32,33). The number of rotatable bonds is 5. The highest BCUT2D eigenvalue weighted by Crippen LogP contribution is 2.27. The van der Waals surface area contributed by atoms with Crippen LogP contribution in [0.15, 0.2) is 83.5 Å². The summed E-state index contributed by atoms with van der Waals surface area (Å²) in [5.74, 6) is -0.401. The number of nitrogens with zero attached hydrogens (tertiary/aromatic N) is 1. The number of benzene rings is 3. The molecule has 9 heteroatoms. The highest BCUT2D eigenvalue weighted by atomic mass is 35.5. The van der Waals surface area contributed by atoms with Crippen LogP contribution in [0.1, 0.15) is 21.5 Å². The largest absolute Gasteiger partial charge is 0.430 e. The van der Waals surface area contributed by atoms with Gasteiger partial charge in [0.1, 0.15) is 5.70 Å². The molecular weight excluding hydrogens is 474 g/mol. The van der Waals surface area contributed by atoms with Crippen molar-refractivity contribution in [3.8, 4) is 0 Å². The molecular formula is C24H18Cl2F3N3O. The number of alkyl halides is 3. The molecule has 0 fully saturated rings. The Labute approximate surface area is 198 Å². The monoisotopic (exact) mass is 491 g/mol. The predicted octanol–water partition coefficient (Wildman–Crippen LogP) is 7.08. The molecule has 3 N–H and O–H groups in total. The van der Waals surface area contributed by atoms with Gasteiger partial charge in [-0.1, -0.05) is 53.5 Å². The minimum absolute atomic E-state index is 0.0597. The van der Waals surface area contributed by atoms with Crippen molar-refractivity contribution in [2.24, 2.45) is 10.7 Å². The predicted molar refractivity (Wildman–Crippen MR) is 127 cm³/mol. The summed E-state index contributed by atoms with van der Waals surface area (Å²) in [6.45, 7) is 1.82. The molecule has 0 aliphatic heterocycles. The van der Waals surface area contributed by atoms with Crippen molar-refractivity contribution in [2.45, 2.75) is 13.1 Å². The van der Waals surface area contributed by atoms with Gasteiger partial charge >= 0.3 is 6.18 Å². The van der Waals surface area contributed by atoms with Crippen LogP contribution in [0.5, 0.6) is 0 Å². The molecule has 0 heterocycles. The molecule has 0 saturated carbocycles. The van der Waals surface area contributed by atoms with Crippen molar-refractivity contribution >= 4 is 46.2 Å². The van der Waals surface area contributed by atoms with Crippen LogP contribution >= 0.6 is 23.2 Å². The van der Waals surface area contributed by atoms with E-state index < -0.39 is 17.8 Å². The van der Waals surface area contributed by atoms with E-state index in [1.165, 1.54) is 24.3 Å². The van der Waals surface area contributed by atoms with Crippen LogP contribution < -0.4 is 11.1 Å². The Morgan fingerprint density at radius 2 is 1.64 bits per heavy atom. The van der Waals surface area contributed by atoms with Gasteiger partial charge in [0.05, 0.1) is 16.4 Å². The Balaban J connectivity index is 1.94. The Bertz CT molecular complexity index is 1240. The van der Waals surface area contributed by atoms with Gasteiger partial charge in [-0.25, -0.2) is 4.99 Å². The molecule has 0 aliphatic rings. The molecule has 3 rings (SSSR count). The fourth-order valence-electron chi connectivity index (χ4n) is 2.80. The van der Waals surface area contributed by atoms with E-state index in [0.717, 1.165) is 11.6 Å². The molecule has 0 aromatic heterocycles. The number of hydrogen-bond donors (Lipinski definition) is 2. The molecule has 33 heavy (non-hydrogen) atoms. The Hall–Kier alpha value is -3.29. The maximum Gasteiger partial charge on any atom is 0.430 e. The van der Waals surface area contributed by atoms with Gasteiger partial charge in [0.2, 0.25) is 0 Å². The first-order chi connectivity index (χ1) is 15.5. The minimum atomic E-state index is -4.73. The first-order valence-corrected chi connectivity index (χ1v) is 10.4. The summed E-state index contributed by atoms with van der Waals surface area (Å²) in [5, 5.41) is 3.50. The van der Waals surface area contributed by atoms with E-state index in [-0.39, 0.29) is 16.4 Å². The van der Waals surface area contributed by atoms with E-state index in [9.17, 15) is 18.0 Å². The third kappa shape index (κ3) is 6.37. The number of amides is 1. The van der Waals surface area contributed by atoms with Gasteiger partial charge in [-0.3, -0.25) is 4.79 Å². The summed E-state index contributed by atoms with van der Waals surface area (Å²) in [6, 6.07) is 17.5. The maximum atomic E-state index is 13.0. The number of para-hydroxylation sites is 1. The average molecular weight is 492 g/mol. The number of halogens is 5. The lowest BCUT2D eigenvalue weighted by Gasteiger charge is -2.11. The molecule has 0 unspecified atom stereocenters. The molecule has 0 radical (unpaired) electrons. The number of nitrogens with two attached hydrogens (primary N) is 1. The normalized spacial score (nSPS) is 12.5. The van der Waals surface area contributed by atoms with Crippen LogP contribution in [-0.2, 0) is 0 Å². The van der Waals surface area contributed by atoms with Crippen LogP contribution in [0.2, 0.25) is 10.0 Å². The SMILES string of the molecule is Cc1ccc(Cl)cc1NC(=O)c1ccc(C(C=C(N)C(F)(F)F)=Nc2ccccc2Cl)cc1. The van der Waals surface area contributed by atoms with E-state index >= 15 is 0 Å². The first kappa shape index (κ1) is 24.4. The summed E-state index contributed by atoms with van der Waals surface area (Å²) in [6.07, 6.45) is -4.00. The Kier molecular flexibility index (Phi) is 7.46. The highest BCUT2D eigenvalue weighted by Gasteiger charge is 2.31. The van der Waals surface area contributed by atoms with Crippen molar-refractivity contribution < 1.29 is 18.0 Å². The van der Waals surface area contributed by atoms with Crippen molar-refractivity contribution in [3.63, 3.8) is 0 Å². The number of nitrogens with one attached hydrogen (secondary N) is 1. The Morgan fingerprint density at radius 1 is 1.00 bits per heavy atom. The lowest BCUT2D eigenvalue weighted by atomic mass is 10.1. The molecule has 0 saturated heterocycles. The lowest BCUT2D eigenvalue weighted by molar-refractivity contribution is -0.0925. The molecule has 0 atom stereocenters. The molecule has 0 aliphatic carbocycles. The molecule has 170 valence electrons. The summed E-state index contributed by atoms with van der Waals surface area (Å²) < 4.78 is 39.1. The van der Waals surface area contributed by atoms with E-state index in [1.54, 1.807) is 42.5 Å². The summed E-state index contributed by atoms with van der Waals surface area (Å²) in [4.78, 5) is 16.9. The molecule has 4 nitrogen and oxygen atoms in total. The van der Waals surface area contributed by atoms with E-state index in [2.05, 4.69) is 10.3 Å². The molecule has 0 bridgehead atoms. The number of carbonyl (C=O) groups excluding carboxylic acids is 1. The van der Waals surface area contributed by atoms with Crippen LogP contribution in [0.25, 0.3) is 0 Å². The number of carbonyl (C=O) groups is 1. The van der Waals surface area contributed by atoms with Crippen molar-refractivity contribution in [1.82, 2.24) is 0 Å². The average Bonchev–Trinajstić information content (AvgIpc) is 2.76. The summed E-state index contributed by atoms with van der Waals surface area (Å²) >= 11 is 12.1. The minimum Gasteiger partial charge on any atom is -0.395 e. The van der Waals surface area contributed by atoms with Crippen molar-refractivity contribution in [3.05, 3.63) is 105 Å². The molecule has 3 aromatic rings. The van der Waals surface area contributed by atoms with Gasteiger partial charge in [-0.15, -0.1) is 0 Å². The zero-order valence-electron chi connectivity index (χ0n) is 17.3. The van der Waals surface area contributed by atoms with Gasteiger partial charge in [0, 0.05) is 21.8 Å². The highest BCUT2D eigenvalue weighted by molar-refractivity contribution is 6.33. The van der Waals surface area contributed by atoms with Crippen LogP contribution in [-0.4, -0.2) is 17.8 Å². The van der Waals surface area contributed by atoms with Crippen molar-refractivity contribution in [1.29, 1.82) is 0 Å². The van der Waals surface area contributed by atoms with Gasteiger partial charge in [-0.05, 0) is 55.0 Å². The maximum absolute atomic E-state index is 13.0. The molecule has 0 spiro atoms. The van der Waals surface area contributed by atoms with Gasteiger partial charge in [0.15, 0.2) is 0 Å². The number of hydrogen-bond acceptors (Lipinski definition) is 3. The third-order valence-corrected chi connectivity index (χ3v) is 5.16. The first-order valence-electron chi connectivity index (χ1n) is 9.60. The lowest BCUT2D eigenvalue weighted by Crippen LogP contribution is -2.21. The fourth-order valence-corrected chi connectivity index (χ4v) is 3.15. The second-order valence-electron chi connectivity index (χ2n) is 7.04. The summed E-state index contributed by atoms with van der Waals surface area (Å²) in [5.41, 5.74) is 6.11. The van der Waals surface area contributed by atoms with Gasteiger partial charge in [-0.2, -0.15) is 13.2 Å². The number of aryl methyl sites for hydroxylation is 1. The Morgan fingerprint density at radius 3 is 2.27 bits per heavy atom. The zero-order valence-corrected chi connectivity index (χ0v) is 18.8. The fraction of sp³-hybridized carbons (Fsp3) is 0.0833. The van der Waals surface area contributed by atoms with E-state index in [0.29, 0.717) is 21.8 Å². The second kappa shape index (κ2) is 10.1. The number of aliphatic imine (C=N–C) groups is 1. The second-order valence-corrected chi connectivity index (χ2v) is 7.88. The summed E-state index contributed by atoms with van der Waals surface area (Å²) in [7, 11) is 0. The molecule has 3 aromatic carbocycles. The third-order valence-electron chi connectivity index (χ3n) is 4.60. The van der Waals surface area contributed by atoms with E-state index in [1.807, 2.05) is 6.92 Å².